The van der Waals surface area contributed by atoms with Crippen LogP contribution in [0.3, 0.4) is 0 Å². The van der Waals surface area contributed by atoms with Crippen molar-refractivity contribution in [1.29, 1.82) is 0 Å². The van der Waals surface area contributed by atoms with Gasteiger partial charge in [-0.25, -0.2) is 9.69 Å². The van der Waals surface area contributed by atoms with Gasteiger partial charge in [-0.1, -0.05) is 48.0 Å². The summed E-state index contributed by atoms with van der Waals surface area (Å²) in [5.41, 5.74) is 3.53. The predicted octanol–water partition coefficient (Wildman–Crippen LogP) is 4.50. The second kappa shape index (κ2) is 10.5. The van der Waals surface area contributed by atoms with Crippen LogP contribution in [0.5, 0.6) is 0 Å². The summed E-state index contributed by atoms with van der Waals surface area (Å²) in [5, 5.41) is 2.62. The molecule has 8 nitrogen and oxygen atoms in total. The van der Waals surface area contributed by atoms with Crippen molar-refractivity contribution in [2.24, 2.45) is 0 Å². The van der Waals surface area contributed by atoms with Crippen LogP contribution in [0.1, 0.15) is 38.8 Å². The van der Waals surface area contributed by atoms with Crippen LogP contribution in [0, 0.1) is 0 Å². The molecule has 0 aliphatic carbocycles. The summed E-state index contributed by atoms with van der Waals surface area (Å²) < 4.78 is 5.01. The number of nitrogens with zero attached hydrogens (tertiary/aromatic N) is 2. The molecule has 2 aliphatic heterocycles. The van der Waals surface area contributed by atoms with Crippen molar-refractivity contribution in [2.75, 3.05) is 23.4 Å². The Hall–Kier alpha value is -4.43. The van der Waals surface area contributed by atoms with Crippen molar-refractivity contribution in [3.63, 3.8) is 0 Å². The zero-order valence-electron chi connectivity index (χ0n) is 20.6. The van der Waals surface area contributed by atoms with Crippen LogP contribution in [0.4, 0.5) is 11.4 Å². The van der Waals surface area contributed by atoms with Gasteiger partial charge in [0.05, 0.1) is 17.9 Å². The lowest BCUT2D eigenvalue weighted by Crippen LogP contribution is -2.36. The zero-order chi connectivity index (χ0) is 26.8. The van der Waals surface area contributed by atoms with Gasteiger partial charge in [0.1, 0.15) is 10.7 Å². The van der Waals surface area contributed by atoms with Gasteiger partial charge in [0.25, 0.3) is 17.7 Å². The van der Waals surface area contributed by atoms with Crippen LogP contribution in [-0.2, 0) is 27.3 Å². The number of carbonyl (C=O) groups excluding carboxylic acids is 4. The topological polar surface area (TPSA) is 96.0 Å². The van der Waals surface area contributed by atoms with Gasteiger partial charge in [0.2, 0.25) is 0 Å². The fraction of sp³-hybridized carbons (Fsp3) is 0.172. The second-order valence-corrected chi connectivity index (χ2v) is 9.23. The van der Waals surface area contributed by atoms with E-state index in [1.165, 1.54) is 23.8 Å². The molecule has 1 N–H and O–H groups in total. The molecule has 2 aliphatic rings. The molecule has 9 heteroatoms. The van der Waals surface area contributed by atoms with Crippen molar-refractivity contribution in [3.8, 4) is 0 Å². The van der Waals surface area contributed by atoms with Crippen molar-refractivity contribution in [2.45, 2.75) is 19.9 Å². The van der Waals surface area contributed by atoms with Crippen LogP contribution in [0.15, 0.2) is 83.5 Å². The molecule has 3 amide bonds. The van der Waals surface area contributed by atoms with E-state index in [0.29, 0.717) is 24.3 Å². The number of rotatable bonds is 6. The number of amides is 3. The lowest BCUT2D eigenvalue weighted by molar-refractivity contribution is -0.120. The predicted molar refractivity (Wildman–Crippen MR) is 143 cm³/mol. The molecule has 0 aromatic heterocycles. The van der Waals surface area contributed by atoms with E-state index in [9.17, 15) is 19.2 Å². The van der Waals surface area contributed by atoms with E-state index >= 15 is 0 Å². The highest BCUT2D eigenvalue weighted by Crippen LogP contribution is 2.31. The Morgan fingerprint density at radius 2 is 1.66 bits per heavy atom. The Bertz CT molecular complexity index is 1500. The Morgan fingerprint density at radius 3 is 2.45 bits per heavy atom. The summed E-state index contributed by atoms with van der Waals surface area (Å²) in [6, 6.07) is 20.8. The molecule has 0 spiro atoms. The molecule has 0 saturated heterocycles. The number of esters is 1. The van der Waals surface area contributed by atoms with Gasteiger partial charge in [-0.3, -0.25) is 14.4 Å². The molecule has 0 saturated carbocycles. The number of nitrogens with one attached hydrogen (secondary N) is 1. The quantitative estimate of drug-likeness (QED) is 0.373. The first kappa shape index (κ1) is 25.2. The van der Waals surface area contributed by atoms with Crippen LogP contribution < -0.4 is 10.2 Å². The normalized spacial score (nSPS) is 15.0. The van der Waals surface area contributed by atoms with E-state index in [0.717, 1.165) is 16.9 Å². The highest BCUT2D eigenvalue weighted by atomic mass is 35.5. The number of benzene rings is 3. The van der Waals surface area contributed by atoms with Gasteiger partial charge in [-0.2, -0.15) is 0 Å². The Balaban J connectivity index is 1.34. The average molecular weight is 530 g/mol. The SMILES string of the molecule is CCOC(=O)c1cccc(N2C(=O)C(Cl)=C(Nc3cccc(C(=O)N4CCc5ccccc5C4)c3)C2=O)c1. The average Bonchev–Trinajstić information content (AvgIpc) is 3.15. The maximum atomic E-state index is 13.2. The molecule has 0 atom stereocenters. The number of carbonyl (C=O) groups is 4. The van der Waals surface area contributed by atoms with Crippen molar-refractivity contribution in [3.05, 3.63) is 106 Å². The number of hydrogen-bond donors (Lipinski definition) is 1. The van der Waals surface area contributed by atoms with Crippen molar-refractivity contribution < 1.29 is 23.9 Å². The molecule has 0 bridgehead atoms. The summed E-state index contributed by atoms with van der Waals surface area (Å²) in [6.45, 7) is 3.01. The summed E-state index contributed by atoms with van der Waals surface area (Å²) >= 11 is 6.28. The van der Waals surface area contributed by atoms with E-state index < -0.39 is 17.8 Å². The minimum Gasteiger partial charge on any atom is -0.462 e. The Morgan fingerprint density at radius 1 is 0.921 bits per heavy atom. The zero-order valence-corrected chi connectivity index (χ0v) is 21.3. The molecule has 0 fully saturated rings. The molecule has 3 aromatic carbocycles. The standard InChI is InChI=1S/C29H24ClN3O5/c1-2-38-29(37)20-10-6-12-23(16-20)33-27(35)24(30)25(28(33)36)31-22-11-5-9-19(15-22)26(34)32-14-13-18-7-3-4-8-21(18)17-32/h3-12,15-16,31H,2,13-14,17H2,1H3. The van der Waals surface area contributed by atoms with Crippen LogP contribution in [0.25, 0.3) is 0 Å². The Kier molecular flexibility index (Phi) is 6.98. The third kappa shape index (κ3) is 4.78. The number of hydrogen-bond acceptors (Lipinski definition) is 6. The number of ether oxygens (including phenoxy) is 1. The molecular weight excluding hydrogens is 506 g/mol. The largest absolute Gasteiger partial charge is 0.462 e. The molecule has 0 unspecified atom stereocenters. The first-order valence-electron chi connectivity index (χ1n) is 12.2. The van der Waals surface area contributed by atoms with E-state index in [1.54, 1.807) is 42.2 Å². The molecular formula is C29H24ClN3O5. The van der Waals surface area contributed by atoms with Gasteiger partial charge < -0.3 is 15.0 Å². The van der Waals surface area contributed by atoms with Crippen molar-refractivity contribution >= 4 is 46.7 Å². The third-order valence-corrected chi connectivity index (χ3v) is 6.79. The third-order valence-electron chi connectivity index (χ3n) is 6.44. The highest BCUT2D eigenvalue weighted by molar-refractivity contribution is 6.53. The maximum Gasteiger partial charge on any atom is 0.338 e. The number of fused-ring (bicyclic) bond motifs is 1. The summed E-state index contributed by atoms with van der Waals surface area (Å²) in [6.07, 6.45) is 0.784. The van der Waals surface area contributed by atoms with Gasteiger partial charge in [-0.15, -0.1) is 0 Å². The van der Waals surface area contributed by atoms with Gasteiger partial charge >= 0.3 is 5.97 Å². The van der Waals surface area contributed by atoms with Gasteiger partial charge in [0.15, 0.2) is 0 Å². The number of imide groups is 1. The first-order valence-corrected chi connectivity index (χ1v) is 12.5. The Labute approximate surface area is 224 Å². The number of anilines is 2. The molecule has 3 aromatic rings. The minimum atomic E-state index is -0.723. The van der Waals surface area contributed by atoms with E-state index in [1.807, 2.05) is 18.2 Å². The first-order chi connectivity index (χ1) is 18.4. The lowest BCUT2D eigenvalue weighted by atomic mass is 9.99. The molecule has 192 valence electrons. The monoisotopic (exact) mass is 529 g/mol. The number of halogens is 1. The molecule has 38 heavy (non-hydrogen) atoms. The lowest BCUT2D eigenvalue weighted by Gasteiger charge is -2.29. The van der Waals surface area contributed by atoms with Crippen LogP contribution in [-0.4, -0.2) is 41.7 Å². The summed E-state index contributed by atoms with van der Waals surface area (Å²) in [4.78, 5) is 54.2. The minimum absolute atomic E-state index is 0.116. The van der Waals surface area contributed by atoms with E-state index in [2.05, 4.69) is 11.4 Å². The summed E-state index contributed by atoms with van der Waals surface area (Å²) in [5.74, 6) is -2.09. The fourth-order valence-electron chi connectivity index (χ4n) is 4.56. The van der Waals surface area contributed by atoms with Crippen LogP contribution >= 0.6 is 11.6 Å². The molecule has 5 rings (SSSR count). The van der Waals surface area contributed by atoms with Crippen molar-refractivity contribution in [1.82, 2.24) is 4.90 Å². The second-order valence-electron chi connectivity index (χ2n) is 8.86. The summed E-state index contributed by atoms with van der Waals surface area (Å²) in [7, 11) is 0. The van der Waals surface area contributed by atoms with Gasteiger partial charge in [0, 0.05) is 24.3 Å². The van der Waals surface area contributed by atoms with Crippen LogP contribution in [0.2, 0.25) is 0 Å². The fourth-order valence-corrected chi connectivity index (χ4v) is 4.77. The van der Waals surface area contributed by atoms with E-state index in [4.69, 9.17) is 16.3 Å². The molecule has 2 heterocycles. The highest BCUT2D eigenvalue weighted by Gasteiger charge is 2.39. The maximum absolute atomic E-state index is 13.2. The van der Waals surface area contributed by atoms with Gasteiger partial charge in [-0.05, 0) is 60.9 Å². The van der Waals surface area contributed by atoms with E-state index in [-0.39, 0.29) is 34.5 Å². The molecule has 0 radical (unpaired) electrons. The smallest absolute Gasteiger partial charge is 0.338 e.